The largest absolute Gasteiger partial charge is 0.466 e. The zero-order valence-corrected chi connectivity index (χ0v) is 10.3. The molecule has 0 aliphatic heterocycles. The van der Waals surface area contributed by atoms with Crippen molar-refractivity contribution in [3.8, 4) is 0 Å². The standard InChI is InChI=1S/C11H19N3O2/c1-5-16-11(15)6-9(13(2)3)10-7-12-8-14(10)4/h7-9H,5-6H2,1-4H3. The molecule has 0 aliphatic carbocycles. The van der Waals surface area contributed by atoms with Gasteiger partial charge in [0.25, 0.3) is 0 Å². The van der Waals surface area contributed by atoms with Crippen LogP contribution in [0, 0.1) is 0 Å². The zero-order chi connectivity index (χ0) is 12.1. The number of imidazole rings is 1. The normalized spacial score (nSPS) is 12.8. The van der Waals surface area contributed by atoms with Gasteiger partial charge in [0.15, 0.2) is 0 Å². The first-order chi connectivity index (χ1) is 7.56. The van der Waals surface area contributed by atoms with Crippen LogP contribution in [0.3, 0.4) is 0 Å². The van der Waals surface area contributed by atoms with Crippen LogP contribution in [0.1, 0.15) is 25.1 Å². The fourth-order valence-corrected chi connectivity index (χ4v) is 1.62. The van der Waals surface area contributed by atoms with Crippen LogP contribution >= 0.6 is 0 Å². The van der Waals surface area contributed by atoms with E-state index in [0.29, 0.717) is 13.0 Å². The second-order valence-electron chi connectivity index (χ2n) is 3.92. The number of rotatable bonds is 5. The number of aryl methyl sites for hydroxylation is 1. The van der Waals surface area contributed by atoms with Crippen LogP contribution in [-0.4, -0.2) is 41.1 Å². The van der Waals surface area contributed by atoms with Gasteiger partial charge >= 0.3 is 5.97 Å². The van der Waals surface area contributed by atoms with Gasteiger partial charge in [0.1, 0.15) is 0 Å². The topological polar surface area (TPSA) is 47.4 Å². The molecule has 0 saturated carbocycles. The summed E-state index contributed by atoms with van der Waals surface area (Å²) >= 11 is 0. The maximum atomic E-state index is 11.5. The van der Waals surface area contributed by atoms with Gasteiger partial charge in [0.05, 0.1) is 31.1 Å². The second kappa shape index (κ2) is 5.65. The Morgan fingerprint density at radius 2 is 2.31 bits per heavy atom. The number of carbonyl (C=O) groups is 1. The molecule has 1 atom stereocenters. The summed E-state index contributed by atoms with van der Waals surface area (Å²) in [6.45, 7) is 2.23. The van der Waals surface area contributed by atoms with Gasteiger partial charge in [-0.15, -0.1) is 0 Å². The van der Waals surface area contributed by atoms with Crippen molar-refractivity contribution in [1.29, 1.82) is 0 Å². The summed E-state index contributed by atoms with van der Waals surface area (Å²) in [6, 6.07) is 0.00606. The van der Waals surface area contributed by atoms with Crippen LogP contribution in [0.25, 0.3) is 0 Å². The predicted octanol–water partition coefficient (Wildman–Crippen LogP) is 0.976. The Bertz CT molecular complexity index is 347. The zero-order valence-electron chi connectivity index (χ0n) is 10.3. The average molecular weight is 225 g/mol. The van der Waals surface area contributed by atoms with E-state index in [9.17, 15) is 4.79 Å². The number of nitrogens with zero attached hydrogens (tertiary/aromatic N) is 3. The summed E-state index contributed by atoms with van der Waals surface area (Å²) in [7, 11) is 5.80. The molecule has 0 fully saturated rings. The Hall–Kier alpha value is -1.36. The molecular weight excluding hydrogens is 206 g/mol. The molecule has 5 heteroatoms. The molecule has 16 heavy (non-hydrogen) atoms. The lowest BCUT2D eigenvalue weighted by Crippen LogP contribution is -2.25. The van der Waals surface area contributed by atoms with E-state index in [1.54, 1.807) is 12.5 Å². The Labute approximate surface area is 96.0 Å². The number of hydrogen-bond donors (Lipinski definition) is 0. The smallest absolute Gasteiger partial charge is 0.307 e. The molecule has 0 N–H and O–H groups in total. The summed E-state index contributed by atoms with van der Waals surface area (Å²) in [4.78, 5) is 17.5. The fourth-order valence-electron chi connectivity index (χ4n) is 1.62. The lowest BCUT2D eigenvalue weighted by atomic mass is 10.1. The van der Waals surface area contributed by atoms with Crippen molar-refractivity contribution >= 4 is 5.97 Å². The first-order valence-electron chi connectivity index (χ1n) is 5.34. The van der Waals surface area contributed by atoms with Crippen LogP contribution in [0.15, 0.2) is 12.5 Å². The maximum Gasteiger partial charge on any atom is 0.307 e. The van der Waals surface area contributed by atoms with E-state index in [4.69, 9.17) is 4.74 Å². The van der Waals surface area contributed by atoms with Gasteiger partial charge in [0.2, 0.25) is 0 Å². The fraction of sp³-hybridized carbons (Fsp3) is 0.636. The van der Waals surface area contributed by atoms with E-state index in [0.717, 1.165) is 5.69 Å². The van der Waals surface area contributed by atoms with Gasteiger partial charge in [-0.05, 0) is 21.0 Å². The average Bonchev–Trinajstić information content (AvgIpc) is 2.61. The second-order valence-corrected chi connectivity index (χ2v) is 3.92. The number of aromatic nitrogens is 2. The Balaban J connectivity index is 2.77. The molecule has 1 aromatic rings. The third-order valence-electron chi connectivity index (χ3n) is 2.48. The molecule has 1 rings (SSSR count). The van der Waals surface area contributed by atoms with Gasteiger partial charge in [-0.25, -0.2) is 4.98 Å². The highest BCUT2D eigenvalue weighted by molar-refractivity contribution is 5.70. The van der Waals surface area contributed by atoms with Gasteiger partial charge in [-0.1, -0.05) is 0 Å². The van der Waals surface area contributed by atoms with Crippen LogP contribution in [0.2, 0.25) is 0 Å². The van der Waals surface area contributed by atoms with Crippen LogP contribution in [0.4, 0.5) is 0 Å². The van der Waals surface area contributed by atoms with Gasteiger partial charge in [0, 0.05) is 13.2 Å². The van der Waals surface area contributed by atoms with Gasteiger partial charge in [-0.2, -0.15) is 0 Å². The molecule has 1 aromatic heterocycles. The summed E-state index contributed by atoms with van der Waals surface area (Å²) in [5, 5.41) is 0. The van der Waals surface area contributed by atoms with E-state index >= 15 is 0 Å². The minimum Gasteiger partial charge on any atom is -0.466 e. The van der Waals surface area contributed by atoms with Crippen LogP contribution in [0.5, 0.6) is 0 Å². The molecule has 90 valence electrons. The SMILES string of the molecule is CCOC(=O)CC(c1cncn1C)N(C)C. The highest BCUT2D eigenvalue weighted by Crippen LogP contribution is 2.21. The number of ether oxygens (including phenoxy) is 1. The summed E-state index contributed by atoms with van der Waals surface area (Å²) in [5.41, 5.74) is 1.01. The summed E-state index contributed by atoms with van der Waals surface area (Å²) in [6.07, 6.45) is 3.86. The van der Waals surface area contributed by atoms with E-state index in [1.165, 1.54) is 0 Å². The van der Waals surface area contributed by atoms with Crippen molar-refractivity contribution in [3.63, 3.8) is 0 Å². The molecule has 0 saturated heterocycles. The Kier molecular flexibility index (Phi) is 4.49. The van der Waals surface area contributed by atoms with Crippen molar-refractivity contribution in [2.75, 3.05) is 20.7 Å². The minimum absolute atomic E-state index is 0.00606. The maximum absolute atomic E-state index is 11.5. The van der Waals surface area contributed by atoms with Crippen LogP contribution < -0.4 is 0 Å². The Morgan fingerprint density at radius 1 is 1.62 bits per heavy atom. The monoisotopic (exact) mass is 225 g/mol. The quantitative estimate of drug-likeness (QED) is 0.701. The van der Waals surface area contributed by atoms with Crippen molar-refractivity contribution < 1.29 is 9.53 Å². The first kappa shape index (κ1) is 12.7. The van der Waals surface area contributed by atoms with E-state index < -0.39 is 0 Å². The molecule has 1 unspecified atom stereocenters. The lowest BCUT2D eigenvalue weighted by Gasteiger charge is -2.23. The highest BCUT2D eigenvalue weighted by Gasteiger charge is 2.21. The minimum atomic E-state index is -0.178. The lowest BCUT2D eigenvalue weighted by molar-refractivity contribution is -0.144. The van der Waals surface area contributed by atoms with Crippen molar-refractivity contribution in [2.45, 2.75) is 19.4 Å². The summed E-state index contributed by atoms with van der Waals surface area (Å²) in [5.74, 6) is -0.178. The molecule has 0 aromatic carbocycles. The number of esters is 1. The molecular formula is C11H19N3O2. The first-order valence-corrected chi connectivity index (χ1v) is 5.34. The third-order valence-corrected chi connectivity index (χ3v) is 2.48. The molecule has 1 heterocycles. The molecule has 0 aliphatic rings. The predicted molar refractivity (Wildman–Crippen MR) is 60.9 cm³/mol. The summed E-state index contributed by atoms with van der Waals surface area (Å²) < 4.78 is 6.89. The van der Waals surface area contributed by atoms with Crippen molar-refractivity contribution in [2.24, 2.45) is 7.05 Å². The third kappa shape index (κ3) is 3.06. The molecule has 0 radical (unpaired) electrons. The van der Waals surface area contributed by atoms with Gasteiger partial charge in [-0.3, -0.25) is 4.79 Å². The van der Waals surface area contributed by atoms with E-state index in [2.05, 4.69) is 4.98 Å². The van der Waals surface area contributed by atoms with Gasteiger partial charge < -0.3 is 14.2 Å². The van der Waals surface area contributed by atoms with Crippen molar-refractivity contribution in [1.82, 2.24) is 14.5 Å². The molecule has 5 nitrogen and oxygen atoms in total. The van der Waals surface area contributed by atoms with Crippen LogP contribution in [-0.2, 0) is 16.6 Å². The molecule has 0 amide bonds. The Morgan fingerprint density at radius 3 is 2.75 bits per heavy atom. The number of hydrogen-bond acceptors (Lipinski definition) is 4. The molecule has 0 bridgehead atoms. The number of carbonyl (C=O) groups excluding carboxylic acids is 1. The van der Waals surface area contributed by atoms with E-state index in [1.807, 2.05) is 37.5 Å². The molecule has 0 spiro atoms. The van der Waals surface area contributed by atoms with Crippen molar-refractivity contribution in [3.05, 3.63) is 18.2 Å². The van der Waals surface area contributed by atoms with E-state index in [-0.39, 0.29) is 12.0 Å². The highest BCUT2D eigenvalue weighted by atomic mass is 16.5.